The van der Waals surface area contributed by atoms with Crippen LogP contribution in [0.2, 0.25) is 0 Å². The van der Waals surface area contributed by atoms with Crippen LogP contribution >= 0.6 is 22.6 Å². The Morgan fingerprint density at radius 1 is 1.29 bits per heavy atom. The molecule has 0 aliphatic carbocycles. The fourth-order valence-electron chi connectivity index (χ4n) is 0.876. The fraction of sp³-hybridized carbons (Fsp3) is 0.200. The van der Waals surface area contributed by atoms with Gasteiger partial charge in [-0.1, -0.05) is 36.4 Å². The predicted octanol–water partition coefficient (Wildman–Crippen LogP) is 3.09. The molecule has 0 aliphatic rings. The summed E-state index contributed by atoms with van der Waals surface area (Å²) < 4.78 is 21.9. The summed E-state index contributed by atoms with van der Waals surface area (Å²) in [6, 6.07) is 8.98. The molecule has 76 valence electrons. The van der Waals surface area contributed by atoms with E-state index in [4.69, 9.17) is 5.11 Å². The van der Waals surface area contributed by atoms with Gasteiger partial charge >= 0.3 is 3.93 Å². The Balaban J connectivity index is 2.66. The number of aliphatic hydroxyl groups excluding tert-OH is 1. The lowest BCUT2D eigenvalue weighted by molar-refractivity contribution is 0.00898. The van der Waals surface area contributed by atoms with Crippen LogP contribution in [0.25, 0.3) is 6.08 Å². The third kappa shape index (κ3) is 3.71. The zero-order valence-corrected chi connectivity index (χ0v) is 9.36. The molecule has 4 heteroatoms. The molecule has 1 unspecified atom stereocenters. The summed E-state index contributed by atoms with van der Waals surface area (Å²) in [6.45, 7) is 0. The topological polar surface area (TPSA) is 20.2 Å². The molecule has 1 atom stereocenters. The molecule has 0 saturated carbocycles. The van der Waals surface area contributed by atoms with Crippen LogP contribution in [0.4, 0.5) is 8.78 Å². The summed E-state index contributed by atoms with van der Waals surface area (Å²) >= 11 is 0.911. The van der Waals surface area contributed by atoms with Crippen molar-refractivity contribution in [1.82, 2.24) is 0 Å². The Labute approximate surface area is 94.6 Å². The van der Waals surface area contributed by atoms with Crippen molar-refractivity contribution in [2.24, 2.45) is 0 Å². The van der Waals surface area contributed by atoms with E-state index >= 15 is 0 Å². The van der Waals surface area contributed by atoms with Gasteiger partial charge in [0.05, 0.1) is 0 Å². The van der Waals surface area contributed by atoms with Crippen molar-refractivity contribution < 1.29 is 13.9 Å². The first-order chi connectivity index (χ1) is 6.50. The van der Waals surface area contributed by atoms with Gasteiger partial charge in [-0.3, -0.25) is 0 Å². The Kier molecular flexibility index (Phi) is 4.00. The zero-order valence-electron chi connectivity index (χ0n) is 7.20. The lowest BCUT2D eigenvalue weighted by Gasteiger charge is -2.11. The number of halogens is 3. The highest BCUT2D eigenvalue weighted by Gasteiger charge is 2.32. The minimum atomic E-state index is -3.12. The molecule has 0 bridgehead atoms. The van der Waals surface area contributed by atoms with Crippen LogP contribution in [0.15, 0.2) is 36.4 Å². The van der Waals surface area contributed by atoms with Crippen LogP contribution in [0.5, 0.6) is 0 Å². The van der Waals surface area contributed by atoms with E-state index in [0.717, 1.165) is 34.2 Å². The van der Waals surface area contributed by atoms with Crippen LogP contribution in [-0.4, -0.2) is 15.1 Å². The standard InChI is InChI=1S/C10H9F2IO/c11-10(12,13)9(14)7-6-8-4-2-1-3-5-8/h1-7,9,14H/b7-6+. The van der Waals surface area contributed by atoms with E-state index in [9.17, 15) is 8.78 Å². The van der Waals surface area contributed by atoms with Gasteiger partial charge in [0.15, 0.2) is 0 Å². The molecule has 0 saturated heterocycles. The maximum atomic E-state index is 12.5. The van der Waals surface area contributed by atoms with Crippen LogP contribution in [-0.2, 0) is 0 Å². The van der Waals surface area contributed by atoms with Crippen LogP contribution in [0.3, 0.4) is 0 Å². The minimum absolute atomic E-state index is 0.784. The summed E-state index contributed by atoms with van der Waals surface area (Å²) in [5.41, 5.74) is 0.784. The van der Waals surface area contributed by atoms with Gasteiger partial charge in [-0.05, 0) is 11.6 Å². The van der Waals surface area contributed by atoms with Crippen molar-refractivity contribution in [3.8, 4) is 0 Å². The average Bonchev–Trinajstić information content (AvgIpc) is 2.14. The Bertz CT molecular complexity index is 306. The molecule has 1 rings (SSSR count). The van der Waals surface area contributed by atoms with Gasteiger partial charge in [-0.15, -0.1) is 0 Å². The lowest BCUT2D eigenvalue weighted by Crippen LogP contribution is -2.23. The highest BCUT2D eigenvalue weighted by molar-refractivity contribution is 14.1. The number of alkyl halides is 3. The van der Waals surface area contributed by atoms with E-state index in [1.54, 1.807) is 24.3 Å². The largest absolute Gasteiger partial charge is 0.382 e. The third-order valence-electron chi connectivity index (χ3n) is 1.61. The maximum Gasteiger partial charge on any atom is 0.325 e. The molecule has 0 aliphatic heterocycles. The summed E-state index contributed by atoms with van der Waals surface area (Å²) in [4.78, 5) is 0. The number of aliphatic hydroxyl groups is 1. The molecule has 0 aromatic heterocycles. The fourth-order valence-corrected chi connectivity index (χ4v) is 1.08. The van der Waals surface area contributed by atoms with Gasteiger partial charge in [0, 0.05) is 22.6 Å². The molecule has 1 N–H and O–H groups in total. The third-order valence-corrected chi connectivity index (χ3v) is 2.24. The quantitative estimate of drug-likeness (QED) is 0.672. The Morgan fingerprint density at radius 2 is 1.86 bits per heavy atom. The maximum absolute atomic E-state index is 12.5. The van der Waals surface area contributed by atoms with Gasteiger partial charge in [0.1, 0.15) is 6.10 Å². The van der Waals surface area contributed by atoms with Crippen LogP contribution in [0.1, 0.15) is 5.56 Å². The molecule has 0 amide bonds. The number of rotatable bonds is 3. The van der Waals surface area contributed by atoms with Gasteiger partial charge in [0.2, 0.25) is 0 Å². The van der Waals surface area contributed by atoms with Gasteiger partial charge in [-0.2, -0.15) is 8.78 Å². The van der Waals surface area contributed by atoms with Crippen molar-refractivity contribution in [3.63, 3.8) is 0 Å². The molecule has 14 heavy (non-hydrogen) atoms. The van der Waals surface area contributed by atoms with Gasteiger partial charge in [0.25, 0.3) is 0 Å². The van der Waals surface area contributed by atoms with E-state index in [1.165, 1.54) is 6.08 Å². The molecule has 0 heterocycles. The van der Waals surface area contributed by atoms with Crippen molar-refractivity contribution in [2.75, 3.05) is 0 Å². The van der Waals surface area contributed by atoms with E-state index in [0.29, 0.717) is 0 Å². The monoisotopic (exact) mass is 310 g/mol. The van der Waals surface area contributed by atoms with Gasteiger partial charge in [-0.25, -0.2) is 0 Å². The number of benzene rings is 1. The molecular formula is C10H9F2IO. The van der Waals surface area contributed by atoms with Crippen molar-refractivity contribution >= 4 is 28.7 Å². The second-order valence-corrected chi connectivity index (χ2v) is 4.19. The smallest absolute Gasteiger partial charge is 0.325 e. The molecule has 1 aromatic rings. The van der Waals surface area contributed by atoms with E-state index in [1.807, 2.05) is 6.07 Å². The zero-order chi connectivity index (χ0) is 10.6. The predicted molar refractivity (Wildman–Crippen MR) is 60.4 cm³/mol. The van der Waals surface area contributed by atoms with Crippen molar-refractivity contribution in [3.05, 3.63) is 42.0 Å². The van der Waals surface area contributed by atoms with E-state index in [2.05, 4.69) is 0 Å². The highest BCUT2D eigenvalue weighted by atomic mass is 127. The first kappa shape index (κ1) is 11.6. The Morgan fingerprint density at radius 3 is 2.36 bits per heavy atom. The molecule has 0 fully saturated rings. The molecule has 0 spiro atoms. The van der Waals surface area contributed by atoms with E-state index < -0.39 is 10.0 Å². The summed E-state index contributed by atoms with van der Waals surface area (Å²) in [5.74, 6) is 0. The second-order valence-electron chi connectivity index (χ2n) is 2.76. The molecule has 0 radical (unpaired) electrons. The summed E-state index contributed by atoms with van der Waals surface area (Å²) in [5, 5.41) is 9.00. The SMILES string of the molecule is OC(/C=C/c1ccccc1)C(F)(F)I. The van der Waals surface area contributed by atoms with Gasteiger partial charge < -0.3 is 5.11 Å². The summed E-state index contributed by atoms with van der Waals surface area (Å²) in [7, 11) is 0. The minimum Gasteiger partial charge on any atom is -0.382 e. The average molecular weight is 310 g/mol. The molecule has 1 nitrogen and oxygen atoms in total. The first-order valence-electron chi connectivity index (χ1n) is 3.98. The lowest BCUT2D eigenvalue weighted by atomic mass is 10.2. The second kappa shape index (κ2) is 4.84. The van der Waals surface area contributed by atoms with E-state index in [-0.39, 0.29) is 0 Å². The summed E-state index contributed by atoms with van der Waals surface area (Å²) in [6.07, 6.45) is 0.808. The van der Waals surface area contributed by atoms with Crippen molar-refractivity contribution in [1.29, 1.82) is 0 Å². The number of hydrogen-bond donors (Lipinski definition) is 1. The Hall–Kier alpha value is -0.490. The van der Waals surface area contributed by atoms with Crippen LogP contribution in [0, 0.1) is 0 Å². The number of hydrogen-bond acceptors (Lipinski definition) is 1. The first-order valence-corrected chi connectivity index (χ1v) is 5.06. The molecule has 1 aromatic carbocycles. The van der Waals surface area contributed by atoms with Crippen LogP contribution < -0.4 is 0 Å². The highest BCUT2D eigenvalue weighted by Crippen LogP contribution is 2.27. The normalized spacial score (nSPS) is 14.6. The van der Waals surface area contributed by atoms with Crippen molar-refractivity contribution in [2.45, 2.75) is 10.0 Å². The molecular weight excluding hydrogens is 301 g/mol.